The summed E-state index contributed by atoms with van der Waals surface area (Å²) in [6.45, 7) is 0. The molecule has 2 N–H and O–H groups in total. The van der Waals surface area contributed by atoms with E-state index in [1.54, 1.807) is 0 Å². The molecule has 1 aliphatic rings. The van der Waals surface area contributed by atoms with Gasteiger partial charge in [0.1, 0.15) is 0 Å². The molecule has 78 valence electrons. The van der Waals surface area contributed by atoms with Crippen molar-refractivity contribution in [2.75, 3.05) is 21.1 Å². The fourth-order valence-electron chi connectivity index (χ4n) is 1.15. The summed E-state index contributed by atoms with van der Waals surface area (Å²) in [6, 6.07) is -0.935. The summed E-state index contributed by atoms with van der Waals surface area (Å²) in [5.41, 5.74) is 0. The van der Waals surface area contributed by atoms with Crippen molar-refractivity contribution in [3.05, 3.63) is 0 Å². The first kappa shape index (κ1) is 10.3. The minimum absolute atomic E-state index is 0.434. The lowest BCUT2D eigenvalue weighted by Crippen LogP contribution is -2.50. The second-order valence-electron chi connectivity index (χ2n) is 2.92. The Bertz CT molecular complexity index is 291. The molecule has 0 aromatic carbocycles. The van der Waals surface area contributed by atoms with Gasteiger partial charge in [0.25, 0.3) is 5.91 Å². The van der Waals surface area contributed by atoms with E-state index in [9.17, 15) is 14.4 Å². The van der Waals surface area contributed by atoms with E-state index < -0.39 is 24.1 Å². The first-order valence-electron chi connectivity index (χ1n) is 4.01. The number of rotatable bonds is 1. The van der Waals surface area contributed by atoms with E-state index in [2.05, 4.69) is 10.6 Å². The van der Waals surface area contributed by atoms with Crippen LogP contribution in [-0.4, -0.2) is 55.1 Å². The number of nitrogens with one attached hydrogen (secondary N) is 2. The van der Waals surface area contributed by atoms with E-state index in [0.717, 1.165) is 9.80 Å². The van der Waals surface area contributed by atoms with E-state index in [0.29, 0.717) is 0 Å². The van der Waals surface area contributed by atoms with Gasteiger partial charge in [0.15, 0.2) is 6.17 Å². The molecule has 0 spiro atoms. The summed E-state index contributed by atoms with van der Waals surface area (Å²) in [5.74, 6) is -0.443. The Morgan fingerprint density at radius 3 is 2.29 bits per heavy atom. The van der Waals surface area contributed by atoms with Crippen LogP contribution < -0.4 is 10.6 Å². The predicted octanol–water partition coefficient (Wildman–Crippen LogP) is -1.23. The van der Waals surface area contributed by atoms with Crippen LogP contribution in [0.3, 0.4) is 0 Å². The number of hydrogen-bond acceptors (Lipinski definition) is 3. The SMILES string of the molecule is CNC(=O)N[C@H]1C(=O)N(C)C(=O)N1C. The molecule has 0 bridgehead atoms. The van der Waals surface area contributed by atoms with Gasteiger partial charge in [-0.3, -0.25) is 14.6 Å². The number of carbonyl (C=O) groups is 3. The molecular formula is C7H12N4O3. The van der Waals surface area contributed by atoms with Crippen LogP contribution in [0, 0.1) is 0 Å². The van der Waals surface area contributed by atoms with Crippen LogP contribution in [-0.2, 0) is 4.79 Å². The van der Waals surface area contributed by atoms with Gasteiger partial charge in [-0.1, -0.05) is 0 Å². The molecule has 1 heterocycles. The lowest BCUT2D eigenvalue weighted by atomic mass is 10.4. The van der Waals surface area contributed by atoms with Gasteiger partial charge in [0.2, 0.25) is 0 Å². The van der Waals surface area contributed by atoms with Gasteiger partial charge in [-0.15, -0.1) is 0 Å². The molecule has 7 heteroatoms. The highest BCUT2D eigenvalue weighted by Crippen LogP contribution is 2.10. The molecule has 1 rings (SSSR count). The standard InChI is InChI=1S/C7H12N4O3/c1-8-6(13)9-4-5(12)11(3)7(14)10(4)2/h4H,1-3H3,(H2,8,9,13)/t4-/m1/s1. The second-order valence-corrected chi connectivity index (χ2v) is 2.92. The van der Waals surface area contributed by atoms with Gasteiger partial charge in [-0.25, -0.2) is 9.59 Å². The molecule has 0 saturated carbocycles. The average molecular weight is 200 g/mol. The Hall–Kier alpha value is -1.79. The van der Waals surface area contributed by atoms with E-state index in [-0.39, 0.29) is 0 Å². The summed E-state index contributed by atoms with van der Waals surface area (Å²) < 4.78 is 0. The first-order valence-corrected chi connectivity index (χ1v) is 4.01. The van der Waals surface area contributed by atoms with Crippen LogP contribution in [0.5, 0.6) is 0 Å². The highest BCUT2D eigenvalue weighted by molar-refractivity contribution is 6.04. The zero-order chi connectivity index (χ0) is 10.9. The third kappa shape index (κ3) is 1.48. The Morgan fingerprint density at radius 2 is 1.93 bits per heavy atom. The summed E-state index contributed by atoms with van der Waals surface area (Å²) in [5, 5.41) is 4.66. The monoisotopic (exact) mass is 200 g/mol. The minimum atomic E-state index is -0.910. The summed E-state index contributed by atoms with van der Waals surface area (Å²) in [6.07, 6.45) is -0.910. The molecule has 0 aliphatic carbocycles. The van der Waals surface area contributed by atoms with Crippen LogP contribution in [0.25, 0.3) is 0 Å². The maximum atomic E-state index is 11.4. The molecule has 0 aromatic rings. The van der Waals surface area contributed by atoms with Crippen molar-refractivity contribution in [3.63, 3.8) is 0 Å². The van der Waals surface area contributed by atoms with Crippen LogP contribution in [0.4, 0.5) is 9.59 Å². The molecule has 0 radical (unpaired) electrons. The van der Waals surface area contributed by atoms with Crippen molar-refractivity contribution in [3.8, 4) is 0 Å². The minimum Gasteiger partial charge on any atom is -0.341 e. The fraction of sp³-hybridized carbons (Fsp3) is 0.571. The van der Waals surface area contributed by atoms with Crippen LogP contribution in [0.1, 0.15) is 0 Å². The molecule has 14 heavy (non-hydrogen) atoms. The molecular weight excluding hydrogens is 188 g/mol. The maximum absolute atomic E-state index is 11.4. The van der Waals surface area contributed by atoms with Crippen molar-refractivity contribution in [1.82, 2.24) is 20.4 Å². The van der Waals surface area contributed by atoms with Crippen molar-refractivity contribution in [2.24, 2.45) is 0 Å². The highest BCUT2D eigenvalue weighted by atomic mass is 16.2. The lowest BCUT2D eigenvalue weighted by molar-refractivity contribution is -0.127. The summed E-state index contributed by atoms with van der Waals surface area (Å²) >= 11 is 0. The molecule has 0 aromatic heterocycles. The van der Waals surface area contributed by atoms with Crippen molar-refractivity contribution in [2.45, 2.75) is 6.17 Å². The van der Waals surface area contributed by atoms with Crippen molar-refractivity contribution < 1.29 is 14.4 Å². The normalized spacial score (nSPS) is 21.5. The quantitative estimate of drug-likeness (QED) is 0.520. The van der Waals surface area contributed by atoms with E-state index >= 15 is 0 Å². The number of hydrogen-bond donors (Lipinski definition) is 2. The predicted molar refractivity (Wildman–Crippen MR) is 47.3 cm³/mol. The number of nitrogens with zero attached hydrogens (tertiary/aromatic N) is 2. The van der Waals surface area contributed by atoms with E-state index in [4.69, 9.17) is 0 Å². The topological polar surface area (TPSA) is 81.8 Å². The third-order valence-electron chi connectivity index (χ3n) is 2.04. The number of likely N-dealkylation sites (N-methyl/N-ethyl adjacent to an activating group) is 2. The maximum Gasteiger partial charge on any atom is 0.328 e. The number of carbonyl (C=O) groups excluding carboxylic acids is 3. The van der Waals surface area contributed by atoms with Gasteiger partial charge < -0.3 is 10.6 Å². The largest absolute Gasteiger partial charge is 0.341 e. The molecule has 1 saturated heterocycles. The molecule has 5 amide bonds. The zero-order valence-corrected chi connectivity index (χ0v) is 8.20. The van der Waals surface area contributed by atoms with Gasteiger partial charge in [0, 0.05) is 21.1 Å². The molecule has 1 aliphatic heterocycles. The highest BCUT2D eigenvalue weighted by Gasteiger charge is 2.41. The van der Waals surface area contributed by atoms with Crippen LogP contribution in [0.2, 0.25) is 0 Å². The fourth-order valence-corrected chi connectivity index (χ4v) is 1.15. The van der Waals surface area contributed by atoms with E-state index in [1.165, 1.54) is 21.1 Å². The molecule has 7 nitrogen and oxygen atoms in total. The van der Waals surface area contributed by atoms with Gasteiger partial charge in [-0.05, 0) is 0 Å². The molecule has 0 unspecified atom stereocenters. The number of amides is 5. The van der Waals surface area contributed by atoms with E-state index in [1.807, 2.05) is 0 Å². The lowest BCUT2D eigenvalue weighted by Gasteiger charge is -2.16. The summed E-state index contributed by atoms with van der Waals surface area (Å²) in [4.78, 5) is 35.7. The van der Waals surface area contributed by atoms with Crippen molar-refractivity contribution >= 4 is 18.0 Å². The zero-order valence-electron chi connectivity index (χ0n) is 8.20. The van der Waals surface area contributed by atoms with Gasteiger partial charge in [-0.2, -0.15) is 0 Å². The third-order valence-corrected chi connectivity index (χ3v) is 2.04. The Kier molecular flexibility index (Phi) is 2.59. The average Bonchev–Trinajstić information content (AvgIpc) is 2.35. The number of urea groups is 2. The first-order chi connectivity index (χ1) is 6.49. The Morgan fingerprint density at radius 1 is 1.36 bits per heavy atom. The smallest absolute Gasteiger partial charge is 0.328 e. The Labute approximate surface area is 81.0 Å². The van der Waals surface area contributed by atoms with Crippen molar-refractivity contribution in [1.29, 1.82) is 0 Å². The second kappa shape index (κ2) is 3.52. The summed E-state index contributed by atoms with van der Waals surface area (Å²) in [7, 11) is 4.25. The Balaban J connectivity index is 2.75. The van der Waals surface area contributed by atoms with Gasteiger partial charge >= 0.3 is 12.1 Å². The molecule has 1 atom stereocenters. The van der Waals surface area contributed by atoms with Gasteiger partial charge in [0.05, 0.1) is 0 Å². The van der Waals surface area contributed by atoms with Crippen LogP contribution >= 0.6 is 0 Å². The molecule has 1 fully saturated rings. The number of imide groups is 1. The van der Waals surface area contributed by atoms with Crippen LogP contribution in [0.15, 0.2) is 0 Å².